The molecule has 68 valence electrons. The molecule has 0 aromatic heterocycles. The first-order chi connectivity index (χ1) is 5.31. The fourth-order valence-corrected chi connectivity index (χ4v) is 0.484. The van der Waals surface area contributed by atoms with Crippen LogP contribution < -0.4 is 10.9 Å². The lowest BCUT2D eigenvalue weighted by atomic mass is 10.6. The molecule has 0 bridgehead atoms. The summed E-state index contributed by atoms with van der Waals surface area (Å²) in [6.45, 7) is 1.70. The van der Waals surface area contributed by atoms with Crippen LogP contribution in [-0.2, 0) is 9.47 Å². The second-order valence-electron chi connectivity index (χ2n) is 1.99. The number of methoxy groups -OCH3 is 2. The Balaban J connectivity index is 2.89. The maximum atomic E-state index is 8.86. The van der Waals surface area contributed by atoms with Gasteiger partial charge in [-0.25, -0.2) is 0 Å². The zero-order valence-corrected chi connectivity index (χ0v) is 6.96. The molecule has 1 atom stereocenters. The molecule has 0 spiro atoms. The summed E-state index contributed by atoms with van der Waals surface area (Å²) in [6, 6.07) is 0. The van der Waals surface area contributed by atoms with E-state index in [0.29, 0.717) is 19.7 Å². The van der Waals surface area contributed by atoms with Crippen molar-refractivity contribution >= 4 is 0 Å². The predicted octanol–water partition coefficient (Wildman–Crippen LogP) is -1.31. The SMILES string of the molecule is COCCNNCC(O)OC. The van der Waals surface area contributed by atoms with E-state index in [0.717, 1.165) is 0 Å². The van der Waals surface area contributed by atoms with Crippen LogP contribution in [0.2, 0.25) is 0 Å². The van der Waals surface area contributed by atoms with Gasteiger partial charge in [0.1, 0.15) is 0 Å². The zero-order valence-electron chi connectivity index (χ0n) is 6.96. The smallest absolute Gasteiger partial charge is 0.168 e. The first-order valence-electron chi connectivity index (χ1n) is 3.46. The van der Waals surface area contributed by atoms with E-state index in [9.17, 15) is 0 Å². The number of hydrazine groups is 1. The highest BCUT2D eigenvalue weighted by molar-refractivity contribution is 4.43. The van der Waals surface area contributed by atoms with Crippen molar-refractivity contribution in [1.29, 1.82) is 0 Å². The molecule has 1 unspecified atom stereocenters. The number of hydrogen-bond acceptors (Lipinski definition) is 5. The lowest BCUT2D eigenvalue weighted by Gasteiger charge is -2.10. The molecule has 5 heteroatoms. The number of rotatable bonds is 7. The molecular weight excluding hydrogens is 148 g/mol. The molecule has 0 heterocycles. The summed E-state index contributed by atoms with van der Waals surface area (Å²) in [4.78, 5) is 0. The Bertz CT molecular complexity index is 82.2. The number of hydrogen-bond donors (Lipinski definition) is 3. The van der Waals surface area contributed by atoms with Gasteiger partial charge in [0.2, 0.25) is 0 Å². The third-order valence-electron chi connectivity index (χ3n) is 1.10. The number of aliphatic hydroxyl groups excluding tert-OH is 1. The molecule has 0 saturated carbocycles. The molecular formula is C6H16N2O3. The average molecular weight is 164 g/mol. The molecule has 0 aliphatic carbocycles. The standard InChI is InChI=1S/C6H16N2O3/c1-10-4-3-7-8-5-6(9)11-2/h6-9H,3-5H2,1-2H3. The molecule has 5 nitrogen and oxygen atoms in total. The molecule has 0 aliphatic heterocycles. The first kappa shape index (κ1) is 10.8. The second kappa shape index (κ2) is 7.90. The van der Waals surface area contributed by atoms with Crippen LogP contribution in [-0.4, -0.2) is 45.3 Å². The molecule has 0 rings (SSSR count). The van der Waals surface area contributed by atoms with Gasteiger partial charge in [0, 0.05) is 20.8 Å². The van der Waals surface area contributed by atoms with Crippen molar-refractivity contribution < 1.29 is 14.6 Å². The van der Waals surface area contributed by atoms with Gasteiger partial charge in [0.05, 0.1) is 13.2 Å². The summed E-state index contributed by atoms with van der Waals surface area (Å²) >= 11 is 0. The van der Waals surface area contributed by atoms with Crippen molar-refractivity contribution in [3.05, 3.63) is 0 Å². The minimum atomic E-state index is -0.759. The van der Waals surface area contributed by atoms with Crippen LogP contribution in [0, 0.1) is 0 Å². The van der Waals surface area contributed by atoms with E-state index in [-0.39, 0.29) is 0 Å². The molecule has 0 radical (unpaired) electrons. The molecule has 0 aromatic carbocycles. The van der Waals surface area contributed by atoms with Gasteiger partial charge in [-0.1, -0.05) is 0 Å². The van der Waals surface area contributed by atoms with Crippen LogP contribution in [0.3, 0.4) is 0 Å². The molecule has 11 heavy (non-hydrogen) atoms. The van der Waals surface area contributed by atoms with Crippen LogP contribution in [0.1, 0.15) is 0 Å². The summed E-state index contributed by atoms with van der Waals surface area (Å²) in [7, 11) is 3.08. The fourth-order valence-electron chi connectivity index (χ4n) is 0.484. The second-order valence-corrected chi connectivity index (χ2v) is 1.99. The Labute approximate surface area is 66.7 Å². The molecule has 0 aromatic rings. The summed E-state index contributed by atoms with van der Waals surface area (Å²) in [5.41, 5.74) is 5.60. The summed E-state index contributed by atoms with van der Waals surface area (Å²) in [5, 5.41) is 8.86. The maximum absolute atomic E-state index is 8.86. The van der Waals surface area contributed by atoms with Gasteiger partial charge in [-0.15, -0.1) is 0 Å². The Morgan fingerprint density at radius 3 is 2.64 bits per heavy atom. The van der Waals surface area contributed by atoms with Gasteiger partial charge in [-0.3, -0.25) is 10.9 Å². The highest BCUT2D eigenvalue weighted by Gasteiger charge is 1.97. The van der Waals surface area contributed by atoms with Gasteiger partial charge in [-0.2, -0.15) is 0 Å². The molecule has 0 aliphatic rings. The minimum Gasteiger partial charge on any atom is -0.383 e. The Morgan fingerprint density at radius 2 is 2.09 bits per heavy atom. The van der Waals surface area contributed by atoms with Gasteiger partial charge < -0.3 is 14.6 Å². The van der Waals surface area contributed by atoms with Crippen molar-refractivity contribution in [3.8, 4) is 0 Å². The molecule has 0 saturated heterocycles. The van der Waals surface area contributed by atoms with E-state index in [2.05, 4.69) is 15.6 Å². The molecule has 3 N–H and O–H groups in total. The zero-order chi connectivity index (χ0) is 8.53. The summed E-state index contributed by atoms with van der Waals surface area (Å²) in [6.07, 6.45) is -0.759. The van der Waals surface area contributed by atoms with E-state index in [4.69, 9.17) is 9.84 Å². The van der Waals surface area contributed by atoms with Crippen molar-refractivity contribution in [3.63, 3.8) is 0 Å². The van der Waals surface area contributed by atoms with Gasteiger partial charge >= 0.3 is 0 Å². The van der Waals surface area contributed by atoms with Gasteiger partial charge in [0.25, 0.3) is 0 Å². The number of aliphatic hydroxyl groups is 1. The Hall–Kier alpha value is -0.200. The minimum absolute atomic E-state index is 0.361. The van der Waals surface area contributed by atoms with Crippen molar-refractivity contribution in [2.75, 3.05) is 33.9 Å². The Morgan fingerprint density at radius 1 is 1.36 bits per heavy atom. The van der Waals surface area contributed by atoms with Crippen LogP contribution in [0.15, 0.2) is 0 Å². The topological polar surface area (TPSA) is 62.8 Å². The summed E-state index contributed by atoms with van der Waals surface area (Å²) < 4.78 is 9.36. The molecule has 0 fully saturated rings. The average Bonchev–Trinajstić information content (AvgIpc) is 2.04. The van der Waals surface area contributed by atoms with E-state index >= 15 is 0 Å². The third-order valence-corrected chi connectivity index (χ3v) is 1.10. The summed E-state index contributed by atoms with van der Waals surface area (Å²) in [5.74, 6) is 0. The van der Waals surface area contributed by atoms with Crippen LogP contribution in [0.4, 0.5) is 0 Å². The quantitative estimate of drug-likeness (QED) is 0.248. The number of ether oxygens (including phenoxy) is 2. The Kier molecular flexibility index (Phi) is 7.76. The molecule has 0 amide bonds. The van der Waals surface area contributed by atoms with E-state index in [1.54, 1.807) is 7.11 Å². The fraction of sp³-hybridized carbons (Fsp3) is 1.00. The predicted molar refractivity (Wildman–Crippen MR) is 40.9 cm³/mol. The van der Waals surface area contributed by atoms with Crippen LogP contribution >= 0.6 is 0 Å². The van der Waals surface area contributed by atoms with Crippen LogP contribution in [0.25, 0.3) is 0 Å². The highest BCUT2D eigenvalue weighted by atomic mass is 16.6. The van der Waals surface area contributed by atoms with Crippen molar-refractivity contribution in [2.24, 2.45) is 0 Å². The van der Waals surface area contributed by atoms with Gasteiger partial charge in [-0.05, 0) is 0 Å². The lowest BCUT2D eigenvalue weighted by Crippen LogP contribution is -2.40. The monoisotopic (exact) mass is 164 g/mol. The number of nitrogens with one attached hydrogen (secondary N) is 2. The maximum Gasteiger partial charge on any atom is 0.168 e. The van der Waals surface area contributed by atoms with Crippen molar-refractivity contribution in [2.45, 2.75) is 6.29 Å². The normalized spacial score (nSPS) is 13.4. The van der Waals surface area contributed by atoms with Crippen molar-refractivity contribution in [1.82, 2.24) is 10.9 Å². The van der Waals surface area contributed by atoms with E-state index < -0.39 is 6.29 Å². The first-order valence-corrected chi connectivity index (χ1v) is 3.46. The highest BCUT2D eigenvalue weighted by Crippen LogP contribution is 1.76. The third kappa shape index (κ3) is 7.70. The van der Waals surface area contributed by atoms with Crippen LogP contribution in [0.5, 0.6) is 0 Å². The lowest BCUT2D eigenvalue weighted by molar-refractivity contribution is -0.0726. The van der Waals surface area contributed by atoms with E-state index in [1.807, 2.05) is 0 Å². The van der Waals surface area contributed by atoms with E-state index in [1.165, 1.54) is 7.11 Å². The van der Waals surface area contributed by atoms with Gasteiger partial charge in [0.15, 0.2) is 6.29 Å². The largest absolute Gasteiger partial charge is 0.383 e.